The van der Waals surface area contributed by atoms with Crippen LogP contribution in [0.3, 0.4) is 0 Å². The Morgan fingerprint density at radius 1 is 1.19 bits per heavy atom. The Morgan fingerprint density at radius 3 is 2.56 bits per heavy atom. The molecule has 2 saturated heterocycles. The van der Waals surface area contributed by atoms with Crippen LogP contribution in [0, 0.1) is 13.8 Å². The zero-order chi connectivity index (χ0) is 22.9. The molecule has 9 heteroatoms. The van der Waals surface area contributed by atoms with E-state index in [9.17, 15) is 13.2 Å². The van der Waals surface area contributed by atoms with E-state index in [2.05, 4.69) is 10.00 Å². The molecule has 1 atom stereocenters. The van der Waals surface area contributed by atoms with Gasteiger partial charge in [0.05, 0.1) is 23.7 Å². The summed E-state index contributed by atoms with van der Waals surface area (Å²) in [5.41, 5.74) is 3.80. The number of benzene rings is 1. The van der Waals surface area contributed by atoms with Crippen molar-refractivity contribution in [2.24, 2.45) is 0 Å². The third-order valence-electron chi connectivity index (χ3n) is 6.46. The van der Waals surface area contributed by atoms with Gasteiger partial charge in [0.15, 0.2) is 9.84 Å². The number of rotatable bonds is 5. The topological polar surface area (TPSA) is 75.5 Å². The minimum Gasteiger partial charge on any atom is -0.337 e. The maximum atomic E-state index is 12.7. The van der Waals surface area contributed by atoms with E-state index in [1.165, 1.54) is 0 Å². The van der Waals surface area contributed by atoms with E-state index in [0.717, 1.165) is 22.5 Å². The quantitative estimate of drug-likeness (QED) is 0.620. The molecule has 1 aromatic heterocycles. The standard InChI is InChI=1S/C23H29ClN4O3S/c1-17-21(18(2)28(25-17)15-19-5-3-4-6-22(19)24)7-8-23(29)27-12-10-26(11-13-27)20-9-14-32(30,31)16-20/h3-8,20H,9-16H2,1-2H3/b8-7+. The fourth-order valence-electron chi connectivity index (χ4n) is 4.52. The molecule has 1 unspecified atom stereocenters. The molecule has 2 aromatic rings. The smallest absolute Gasteiger partial charge is 0.246 e. The molecule has 0 N–H and O–H groups in total. The number of hydrogen-bond acceptors (Lipinski definition) is 5. The molecule has 0 bridgehead atoms. The molecule has 2 fully saturated rings. The molecule has 1 aromatic carbocycles. The fraction of sp³-hybridized carbons (Fsp3) is 0.478. The van der Waals surface area contributed by atoms with Gasteiger partial charge in [0.25, 0.3) is 0 Å². The first kappa shape index (κ1) is 23.0. The van der Waals surface area contributed by atoms with Gasteiger partial charge in [-0.1, -0.05) is 29.8 Å². The van der Waals surface area contributed by atoms with Crippen molar-refractivity contribution in [3.05, 3.63) is 57.9 Å². The summed E-state index contributed by atoms with van der Waals surface area (Å²) in [6.07, 6.45) is 4.17. The largest absolute Gasteiger partial charge is 0.337 e. The Bertz CT molecular complexity index is 1130. The molecule has 172 valence electrons. The summed E-state index contributed by atoms with van der Waals surface area (Å²) in [6, 6.07) is 7.81. The minimum absolute atomic E-state index is 0.0265. The molecule has 2 aliphatic heterocycles. The lowest BCUT2D eigenvalue weighted by atomic mass is 10.1. The highest BCUT2D eigenvalue weighted by molar-refractivity contribution is 7.91. The average molecular weight is 477 g/mol. The first-order valence-electron chi connectivity index (χ1n) is 10.9. The Kier molecular flexibility index (Phi) is 6.74. The van der Waals surface area contributed by atoms with Crippen LogP contribution in [0.5, 0.6) is 0 Å². The molecule has 32 heavy (non-hydrogen) atoms. The summed E-state index contributed by atoms with van der Waals surface area (Å²) in [5.74, 6) is 0.501. The lowest BCUT2D eigenvalue weighted by Gasteiger charge is -2.37. The number of aromatic nitrogens is 2. The fourth-order valence-corrected chi connectivity index (χ4v) is 6.48. The van der Waals surface area contributed by atoms with Crippen molar-refractivity contribution in [2.45, 2.75) is 32.9 Å². The number of nitrogens with zero attached hydrogens (tertiary/aromatic N) is 4. The second kappa shape index (κ2) is 9.37. The zero-order valence-corrected chi connectivity index (χ0v) is 20.1. The van der Waals surface area contributed by atoms with Gasteiger partial charge in [0.2, 0.25) is 5.91 Å². The summed E-state index contributed by atoms with van der Waals surface area (Å²) in [6.45, 7) is 7.17. The van der Waals surface area contributed by atoms with E-state index < -0.39 is 9.84 Å². The molecule has 7 nitrogen and oxygen atoms in total. The molecule has 1 amide bonds. The van der Waals surface area contributed by atoms with Gasteiger partial charge in [-0.05, 0) is 38.0 Å². The van der Waals surface area contributed by atoms with E-state index in [4.69, 9.17) is 11.6 Å². The number of amides is 1. The molecule has 3 heterocycles. The van der Waals surface area contributed by atoms with Crippen molar-refractivity contribution in [1.82, 2.24) is 19.6 Å². The monoisotopic (exact) mass is 476 g/mol. The maximum absolute atomic E-state index is 12.7. The van der Waals surface area contributed by atoms with Crippen molar-refractivity contribution >= 4 is 33.4 Å². The number of carbonyl (C=O) groups excluding carboxylic acids is 1. The second-order valence-electron chi connectivity index (χ2n) is 8.59. The van der Waals surface area contributed by atoms with E-state index in [-0.39, 0.29) is 23.5 Å². The van der Waals surface area contributed by atoms with Gasteiger partial charge in [0, 0.05) is 54.6 Å². The van der Waals surface area contributed by atoms with Crippen molar-refractivity contribution in [2.75, 3.05) is 37.7 Å². The van der Waals surface area contributed by atoms with Crippen LogP contribution >= 0.6 is 11.6 Å². The van der Waals surface area contributed by atoms with Crippen LogP contribution in [0.1, 0.15) is 28.9 Å². The molecule has 4 rings (SSSR count). The number of aryl methyl sites for hydroxylation is 1. The van der Waals surface area contributed by atoms with Gasteiger partial charge >= 0.3 is 0 Å². The van der Waals surface area contributed by atoms with E-state index in [1.54, 1.807) is 6.08 Å². The van der Waals surface area contributed by atoms with Crippen LogP contribution in [-0.4, -0.2) is 77.6 Å². The molecule has 0 saturated carbocycles. The zero-order valence-electron chi connectivity index (χ0n) is 18.5. The first-order valence-corrected chi connectivity index (χ1v) is 13.1. The number of piperazine rings is 1. The highest BCUT2D eigenvalue weighted by atomic mass is 35.5. The van der Waals surface area contributed by atoms with Crippen molar-refractivity contribution in [3.63, 3.8) is 0 Å². The number of hydrogen-bond donors (Lipinski definition) is 0. The van der Waals surface area contributed by atoms with Gasteiger partial charge in [-0.15, -0.1) is 0 Å². The second-order valence-corrected chi connectivity index (χ2v) is 11.2. The highest BCUT2D eigenvalue weighted by Crippen LogP contribution is 2.21. The average Bonchev–Trinajstić information content (AvgIpc) is 3.26. The summed E-state index contributed by atoms with van der Waals surface area (Å²) >= 11 is 6.29. The molecular weight excluding hydrogens is 448 g/mol. The molecule has 2 aliphatic rings. The summed E-state index contributed by atoms with van der Waals surface area (Å²) in [5, 5.41) is 5.34. The third-order valence-corrected chi connectivity index (χ3v) is 8.58. The Balaban J connectivity index is 1.37. The van der Waals surface area contributed by atoms with E-state index >= 15 is 0 Å². The van der Waals surface area contributed by atoms with Crippen LogP contribution in [-0.2, 0) is 21.2 Å². The minimum atomic E-state index is -2.89. The first-order chi connectivity index (χ1) is 15.2. The van der Waals surface area contributed by atoms with Crippen molar-refractivity contribution < 1.29 is 13.2 Å². The van der Waals surface area contributed by atoms with Crippen molar-refractivity contribution in [1.29, 1.82) is 0 Å². The normalized spacial score (nSPS) is 21.5. The Morgan fingerprint density at radius 2 is 1.91 bits per heavy atom. The van der Waals surface area contributed by atoms with Crippen LogP contribution in [0.15, 0.2) is 30.3 Å². The van der Waals surface area contributed by atoms with Gasteiger partial charge in [-0.3, -0.25) is 14.4 Å². The van der Waals surface area contributed by atoms with Crippen LogP contribution < -0.4 is 0 Å². The van der Waals surface area contributed by atoms with Gasteiger partial charge in [-0.25, -0.2) is 8.42 Å². The maximum Gasteiger partial charge on any atom is 0.246 e. The summed E-state index contributed by atoms with van der Waals surface area (Å²) in [4.78, 5) is 16.8. The predicted octanol–water partition coefficient (Wildman–Crippen LogP) is 2.55. The Hall–Kier alpha value is -2.16. The van der Waals surface area contributed by atoms with E-state index in [0.29, 0.717) is 44.2 Å². The Labute approximate surface area is 194 Å². The lowest BCUT2D eigenvalue weighted by Crippen LogP contribution is -2.52. The lowest BCUT2D eigenvalue weighted by molar-refractivity contribution is -0.127. The van der Waals surface area contributed by atoms with Crippen LogP contribution in [0.2, 0.25) is 5.02 Å². The van der Waals surface area contributed by atoms with Gasteiger partial charge < -0.3 is 4.90 Å². The van der Waals surface area contributed by atoms with E-state index in [1.807, 2.05) is 53.8 Å². The summed E-state index contributed by atoms with van der Waals surface area (Å²) < 4.78 is 25.4. The van der Waals surface area contributed by atoms with Crippen LogP contribution in [0.25, 0.3) is 6.08 Å². The molecule has 0 aliphatic carbocycles. The van der Waals surface area contributed by atoms with Crippen molar-refractivity contribution in [3.8, 4) is 0 Å². The number of halogens is 1. The molecule has 0 radical (unpaired) electrons. The molecule has 0 spiro atoms. The highest BCUT2D eigenvalue weighted by Gasteiger charge is 2.34. The molecular formula is C23H29ClN4O3S. The van der Waals surface area contributed by atoms with Gasteiger partial charge in [0.1, 0.15) is 0 Å². The van der Waals surface area contributed by atoms with Gasteiger partial charge in [-0.2, -0.15) is 5.10 Å². The summed E-state index contributed by atoms with van der Waals surface area (Å²) in [7, 11) is -2.89. The number of sulfone groups is 1. The SMILES string of the molecule is Cc1nn(Cc2ccccc2Cl)c(C)c1/C=C/C(=O)N1CCN(C2CCS(=O)(=O)C2)CC1. The predicted molar refractivity (Wildman–Crippen MR) is 127 cm³/mol. The number of carbonyl (C=O) groups is 1. The third kappa shape index (κ3) is 5.08. The van der Waals surface area contributed by atoms with Crippen LogP contribution in [0.4, 0.5) is 0 Å².